The summed E-state index contributed by atoms with van der Waals surface area (Å²) < 4.78 is 38.2. The van der Waals surface area contributed by atoms with Gasteiger partial charge in [0.2, 0.25) is 5.95 Å². The molecule has 1 aromatic carbocycles. The summed E-state index contributed by atoms with van der Waals surface area (Å²) in [5.74, 6) is 0.685. The van der Waals surface area contributed by atoms with Crippen molar-refractivity contribution < 1.29 is 18.3 Å². The zero-order valence-corrected chi connectivity index (χ0v) is 12.3. The molecular formula is C16H16F3N3O. The molecule has 4 nitrogen and oxygen atoms in total. The highest BCUT2D eigenvalue weighted by Crippen LogP contribution is 2.30. The van der Waals surface area contributed by atoms with Crippen LogP contribution >= 0.6 is 0 Å². The molecule has 1 aliphatic heterocycles. The van der Waals surface area contributed by atoms with E-state index in [0.717, 1.165) is 30.7 Å². The van der Waals surface area contributed by atoms with E-state index < -0.39 is 11.9 Å². The number of hydrogen-bond acceptors (Lipinski definition) is 4. The minimum atomic E-state index is -4.46. The molecule has 0 amide bonds. The van der Waals surface area contributed by atoms with Gasteiger partial charge < -0.3 is 10.0 Å². The van der Waals surface area contributed by atoms with Crippen LogP contribution in [0.2, 0.25) is 0 Å². The van der Waals surface area contributed by atoms with Gasteiger partial charge in [0.1, 0.15) is 11.4 Å². The summed E-state index contributed by atoms with van der Waals surface area (Å²) in [4.78, 5) is 9.40. The predicted octanol–water partition coefficient (Wildman–Crippen LogP) is 3.27. The molecule has 23 heavy (non-hydrogen) atoms. The third-order valence-electron chi connectivity index (χ3n) is 3.96. The number of benzene rings is 1. The fourth-order valence-corrected chi connectivity index (χ4v) is 2.80. The van der Waals surface area contributed by atoms with Crippen LogP contribution in [0.15, 0.2) is 36.5 Å². The van der Waals surface area contributed by atoms with Crippen LogP contribution in [0.25, 0.3) is 0 Å². The molecule has 3 rings (SSSR count). The quantitative estimate of drug-likeness (QED) is 0.942. The van der Waals surface area contributed by atoms with Crippen molar-refractivity contribution in [2.75, 3.05) is 18.0 Å². The first-order valence-electron chi connectivity index (χ1n) is 7.35. The van der Waals surface area contributed by atoms with Gasteiger partial charge in [-0.3, -0.25) is 0 Å². The number of phenols is 1. The standard InChI is InChI=1S/C16H16F3N3O/c17-16(18,19)14-5-7-20-15(21-14)22-8-6-12(10-22)9-11-1-3-13(23)4-2-11/h1-5,7,12,23H,6,8-10H2/t12-/m0/s1. The second-order valence-electron chi connectivity index (χ2n) is 5.71. The molecule has 2 aromatic rings. The van der Waals surface area contributed by atoms with Crippen molar-refractivity contribution in [3.8, 4) is 5.75 Å². The van der Waals surface area contributed by atoms with Crippen molar-refractivity contribution in [3.63, 3.8) is 0 Å². The van der Waals surface area contributed by atoms with Crippen LogP contribution in [-0.2, 0) is 12.6 Å². The number of aromatic nitrogens is 2. The molecule has 0 aliphatic carbocycles. The lowest BCUT2D eigenvalue weighted by Gasteiger charge is -2.17. The Morgan fingerprint density at radius 2 is 1.91 bits per heavy atom. The monoisotopic (exact) mass is 323 g/mol. The Kier molecular flexibility index (Phi) is 4.11. The van der Waals surface area contributed by atoms with Crippen LogP contribution in [0.5, 0.6) is 5.75 Å². The van der Waals surface area contributed by atoms with Crippen LogP contribution in [-0.4, -0.2) is 28.2 Å². The normalized spacial score (nSPS) is 18.4. The van der Waals surface area contributed by atoms with Gasteiger partial charge in [-0.15, -0.1) is 0 Å². The minimum Gasteiger partial charge on any atom is -0.508 e. The number of rotatable bonds is 3. The summed E-state index contributed by atoms with van der Waals surface area (Å²) in [5.41, 5.74) is 0.184. The lowest BCUT2D eigenvalue weighted by Crippen LogP contribution is -2.23. The molecule has 2 heterocycles. The van der Waals surface area contributed by atoms with E-state index in [2.05, 4.69) is 9.97 Å². The highest BCUT2D eigenvalue weighted by Gasteiger charge is 2.34. The van der Waals surface area contributed by atoms with Crippen LogP contribution < -0.4 is 4.90 Å². The molecule has 0 unspecified atom stereocenters. The van der Waals surface area contributed by atoms with E-state index in [-0.39, 0.29) is 11.7 Å². The van der Waals surface area contributed by atoms with Crippen molar-refractivity contribution in [1.29, 1.82) is 0 Å². The molecule has 1 atom stereocenters. The molecule has 1 fully saturated rings. The van der Waals surface area contributed by atoms with Gasteiger partial charge in [0, 0.05) is 19.3 Å². The van der Waals surface area contributed by atoms with Crippen molar-refractivity contribution in [2.45, 2.75) is 19.0 Å². The molecule has 0 bridgehead atoms. The van der Waals surface area contributed by atoms with Gasteiger partial charge in [0.05, 0.1) is 0 Å². The summed E-state index contributed by atoms with van der Waals surface area (Å²) in [6, 6.07) is 7.88. The maximum Gasteiger partial charge on any atom is 0.433 e. The maximum atomic E-state index is 12.7. The molecule has 1 N–H and O–H groups in total. The first-order valence-corrected chi connectivity index (χ1v) is 7.35. The second kappa shape index (κ2) is 6.06. The van der Waals surface area contributed by atoms with Crippen molar-refractivity contribution >= 4 is 5.95 Å². The number of alkyl halides is 3. The Hall–Kier alpha value is -2.31. The molecule has 1 saturated heterocycles. The van der Waals surface area contributed by atoms with Gasteiger partial charge in [-0.2, -0.15) is 13.2 Å². The second-order valence-corrected chi connectivity index (χ2v) is 5.71. The minimum absolute atomic E-state index is 0.132. The number of anilines is 1. The predicted molar refractivity (Wildman–Crippen MR) is 79.2 cm³/mol. The summed E-state index contributed by atoms with van der Waals surface area (Å²) in [6.45, 7) is 1.27. The molecule has 0 spiro atoms. The Labute approximate surface area is 131 Å². The fourth-order valence-electron chi connectivity index (χ4n) is 2.80. The average molecular weight is 323 g/mol. The van der Waals surface area contributed by atoms with E-state index in [9.17, 15) is 18.3 Å². The van der Waals surface area contributed by atoms with E-state index in [1.807, 2.05) is 12.1 Å². The number of halogens is 3. The third kappa shape index (κ3) is 3.72. The molecule has 0 saturated carbocycles. The highest BCUT2D eigenvalue weighted by atomic mass is 19.4. The van der Waals surface area contributed by atoms with Crippen molar-refractivity contribution in [2.24, 2.45) is 5.92 Å². The Bertz CT molecular complexity index is 673. The SMILES string of the molecule is Oc1ccc(C[C@@H]2CCN(c3nccc(C(F)(F)F)n3)C2)cc1. The van der Waals surface area contributed by atoms with Gasteiger partial charge in [-0.05, 0) is 42.5 Å². The molecule has 1 aliphatic rings. The smallest absolute Gasteiger partial charge is 0.433 e. The number of phenolic OH excluding ortho intramolecular Hbond substituents is 1. The Balaban J connectivity index is 1.66. The molecule has 0 radical (unpaired) electrons. The van der Waals surface area contributed by atoms with Gasteiger partial charge in [-0.25, -0.2) is 9.97 Å². The molecular weight excluding hydrogens is 307 g/mol. The third-order valence-corrected chi connectivity index (χ3v) is 3.96. The van der Waals surface area contributed by atoms with Crippen LogP contribution in [0, 0.1) is 5.92 Å². The van der Waals surface area contributed by atoms with Gasteiger partial charge in [0.25, 0.3) is 0 Å². The van der Waals surface area contributed by atoms with Gasteiger partial charge in [0.15, 0.2) is 0 Å². The van der Waals surface area contributed by atoms with Crippen molar-refractivity contribution in [1.82, 2.24) is 9.97 Å². The van der Waals surface area contributed by atoms with Gasteiger partial charge in [-0.1, -0.05) is 12.1 Å². The molecule has 122 valence electrons. The van der Waals surface area contributed by atoms with Crippen LogP contribution in [0.4, 0.5) is 19.1 Å². The zero-order chi connectivity index (χ0) is 16.4. The largest absolute Gasteiger partial charge is 0.508 e. The topological polar surface area (TPSA) is 49.2 Å². The molecule has 1 aromatic heterocycles. The molecule has 7 heteroatoms. The van der Waals surface area contributed by atoms with E-state index in [4.69, 9.17) is 0 Å². The Morgan fingerprint density at radius 3 is 2.61 bits per heavy atom. The summed E-state index contributed by atoms with van der Waals surface area (Å²) in [7, 11) is 0. The van der Waals surface area contributed by atoms with Crippen LogP contribution in [0.3, 0.4) is 0 Å². The summed E-state index contributed by atoms with van der Waals surface area (Å²) >= 11 is 0. The highest BCUT2D eigenvalue weighted by molar-refractivity contribution is 5.33. The maximum absolute atomic E-state index is 12.7. The summed E-state index contributed by atoms with van der Waals surface area (Å²) in [5, 5.41) is 9.28. The van der Waals surface area contributed by atoms with Crippen molar-refractivity contribution in [3.05, 3.63) is 47.8 Å². The van der Waals surface area contributed by atoms with E-state index in [0.29, 0.717) is 19.0 Å². The van der Waals surface area contributed by atoms with Gasteiger partial charge >= 0.3 is 6.18 Å². The average Bonchev–Trinajstić information content (AvgIpc) is 2.97. The Morgan fingerprint density at radius 1 is 1.17 bits per heavy atom. The van der Waals surface area contributed by atoms with Crippen LogP contribution in [0.1, 0.15) is 17.7 Å². The fraction of sp³-hybridized carbons (Fsp3) is 0.375. The van der Waals surface area contributed by atoms with E-state index in [1.54, 1.807) is 17.0 Å². The lowest BCUT2D eigenvalue weighted by molar-refractivity contribution is -0.141. The first-order chi connectivity index (χ1) is 10.9. The number of hydrogen-bond donors (Lipinski definition) is 1. The number of nitrogens with zero attached hydrogens (tertiary/aromatic N) is 3. The van der Waals surface area contributed by atoms with E-state index in [1.165, 1.54) is 0 Å². The first kappa shape index (κ1) is 15.6. The zero-order valence-electron chi connectivity index (χ0n) is 12.3. The number of aromatic hydroxyl groups is 1. The lowest BCUT2D eigenvalue weighted by atomic mass is 9.99. The van der Waals surface area contributed by atoms with E-state index >= 15 is 0 Å². The summed E-state index contributed by atoms with van der Waals surface area (Å²) in [6.07, 6.45) is -1.61.